The zero-order chi connectivity index (χ0) is 17.6. The molecule has 0 atom stereocenters. The number of hydrogen-bond donors (Lipinski definition) is 1. The van der Waals surface area contributed by atoms with Gasteiger partial charge in [0.25, 0.3) is 11.7 Å². The van der Waals surface area contributed by atoms with Crippen LogP contribution in [0.4, 0.5) is 5.69 Å². The molecule has 0 aromatic heterocycles. The van der Waals surface area contributed by atoms with Gasteiger partial charge in [-0.2, -0.15) is 0 Å². The van der Waals surface area contributed by atoms with Crippen LogP contribution < -0.4 is 10.0 Å². The molecule has 2 aromatic rings. The van der Waals surface area contributed by atoms with E-state index < -0.39 is 21.7 Å². The Morgan fingerprint density at radius 2 is 1.67 bits per heavy atom. The highest BCUT2D eigenvalue weighted by Gasteiger charge is 2.36. The summed E-state index contributed by atoms with van der Waals surface area (Å²) in [6, 6.07) is 9.72. The molecule has 1 heterocycles. The molecule has 0 unspecified atom stereocenters. The van der Waals surface area contributed by atoms with Crippen molar-refractivity contribution in [2.45, 2.75) is 25.3 Å². The third-order valence-corrected chi connectivity index (χ3v) is 5.14. The number of anilines is 1. The normalized spacial score (nSPS) is 14.2. The molecule has 124 valence electrons. The monoisotopic (exact) mass is 344 g/mol. The number of Topliss-reactive ketones (excluding diaryl/α,β-unsaturated/α-hetero) is 1. The molecule has 24 heavy (non-hydrogen) atoms. The van der Waals surface area contributed by atoms with Crippen molar-refractivity contribution in [3.63, 3.8) is 0 Å². The molecule has 0 radical (unpaired) electrons. The molecule has 1 aliphatic heterocycles. The number of aryl methyl sites for hydroxylation is 2. The van der Waals surface area contributed by atoms with Crippen molar-refractivity contribution in [1.29, 1.82) is 0 Å². The summed E-state index contributed by atoms with van der Waals surface area (Å²) < 4.78 is 22.9. The van der Waals surface area contributed by atoms with E-state index in [1.54, 1.807) is 0 Å². The zero-order valence-corrected chi connectivity index (χ0v) is 14.1. The maximum absolute atomic E-state index is 12.3. The van der Waals surface area contributed by atoms with E-state index in [2.05, 4.69) is 0 Å². The standard InChI is InChI=1S/C17H16N2O4S/c1-10-4-3-5-11(2)14(10)9-19-15-7-6-12(24(18,22)23)8-13(15)16(20)17(19)21/h3-8H,9H2,1-2H3,(H2,18,22,23). The highest BCUT2D eigenvalue weighted by molar-refractivity contribution is 7.89. The van der Waals surface area contributed by atoms with Gasteiger partial charge in [0, 0.05) is 0 Å². The molecule has 0 aliphatic carbocycles. The molecule has 0 saturated heterocycles. The predicted octanol–water partition coefficient (Wildman–Crippen LogP) is 1.68. The number of benzene rings is 2. The first kappa shape index (κ1) is 16.4. The van der Waals surface area contributed by atoms with Crippen LogP contribution in [0.25, 0.3) is 0 Å². The molecule has 3 rings (SSSR count). The average molecular weight is 344 g/mol. The van der Waals surface area contributed by atoms with Gasteiger partial charge >= 0.3 is 0 Å². The van der Waals surface area contributed by atoms with Crippen LogP contribution in [-0.4, -0.2) is 20.1 Å². The molecule has 1 aliphatic rings. The fraction of sp³-hybridized carbons (Fsp3) is 0.176. The van der Waals surface area contributed by atoms with Crippen LogP contribution in [0.2, 0.25) is 0 Å². The van der Waals surface area contributed by atoms with E-state index in [1.165, 1.54) is 17.0 Å². The molecule has 2 aromatic carbocycles. The number of rotatable bonds is 3. The van der Waals surface area contributed by atoms with Gasteiger partial charge in [-0.1, -0.05) is 18.2 Å². The van der Waals surface area contributed by atoms with Crippen LogP contribution >= 0.6 is 0 Å². The minimum absolute atomic E-state index is 0.0674. The summed E-state index contributed by atoms with van der Waals surface area (Å²) in [4.78, 5) is 25.8. The number of primary sulfonamides is 1. The molecule has 2 N–H and O–H groups in total. The SMILES string of the molecule is Cc1cccc(C)c1CN1C(=O)C(=O)c2cc(S(N)(=O)=O)ccc21. The lowest BCUT2D eigenvalue weighted by Crippen LogP contribution is -2.29. The van der Waals surface area contributed by atoms with Crippen molar-refractivity contribution >= 4 is 27.4 Å². The summed E-state index contributed by atoms with van der Waals surface area (Å²) in [5.74, 6) is -1.39. The van der Waals surface area contributed by atoms with Gasteiger partial charge < -0.3 is 4.90 Å². The van der Waals surface area contributed by atoms with Gasteiger partial charge in [0.05, 0.1) is 22.7 Å². The summed E-state index contributed by atoms with van der Waals surface area (Å²) in [7, 11) is -3.94. The number of sulfonamides is 1. The van der Waals surface area contributed by atoms with Crippen molar-refractivity contribution in [2.75, 3.05) is 4.90 Å². The fourth-order valence-electron chi connectivity index (χ4n) is 2.87. The summed E-state index contributed by atoms with van der Waals surface area (Å²) in [6.07, 6.45) is 0. The smallest absolute Gasteiger partial charge is 0.299 e. The second-order valence-corrected chi connectivity index (χ2v) is 7.38. The van der Waals surface area contributed by atoms with Crippen LogP contribution in [0.1, 0.15) is 27.0 Å². The predicted molar refractivity (Wildman–Crippen MR) is 89.3 cm³/mol. The third-order valence-electron chi connectivity index (χ3n) is 4.23. The summed E-state index contributed by atoms with van der Waals surface area (Å²) in [6.45, 7) is 4.14. The number of hydrogen-bond acceptors (Lipinski definition) is 4. The maximum Gasteiger partial charge on any atom is 0.299 e. The van der Waals surface area contributed by atoms with Crippen molar-refractivity contribution in [3.05, 3.63) is 58.7 Å². The van der Waals surface area contributed by atoms with Gasteiger partial charge in [-0.05, 0) is 48.7 Å². The molecule has 0 bridgehead atoms. The zero-order valence-electron chi connectivity index (χ0n) is 13.2. The lowest BCUT2D eigenvalue weighted by Gasteiger charge is -2.19. The number of nitrogens with zero attached hydrogens (tertiary/aromatic N) is 1. The molecule has 0 fully saturated rings. The Labute approximate surface area is 139 Å². The molecular formula is C17H16N2O4S. The first-order valence-corrected chi connectivity index (χ1v) is 8.83. The van der Waals surface area contributed by atoms with Crippen LogP contribution in [0.15, 0.2) is 41.3 Å². The number of carbonyl (C=O) groups excluding carboxylic acids is 2. The molecule has 1 amide bonds. The second kappa shape index (κ2) is 5.54. The second-order valence-electron chi connectivity index (χ2n) is 5.81. The lowest BCUT2D eigenvalue weighted by molar-refractivity contribution is -0.114. The van der Waals surface area contributed by atoms with Gasteiger partial charge in [-0.15, -0.1) is 0 Å². The third kappa shape index (κ3) is 2.61. The van der Waals surface area contributed by atoms with Crippen LogP contribution in [0.5, 0.6) is 0 Å². The molecular weight excluding hydrogens is 328 g/mol. The fourth-order valence-corrected chi connectivity index (χ4v) is 3.41. The number of nitrogens with two attached hydrogens (primary N) is 1. The van der Waals surface area contributed by atoms with Gasteiger partial charge in [0.15, 0.2) is 0 Å². The van der Waals surface area contributed by atoms with Crippen LogP contribution in [0, 0.1) is 13.8 Å². The van der Waals surface area contributed by atoms with Gasteiger partial charge in [0.2, 0.25) is 10.0 Å². The highest BCUT2D eigenvalue weighted by atomic mass is 32.2. The minimum Gasteiger partial charge on any atom is -0.300 e. The first-order valence-electron chi connectivity index (χ1n) is 7.28. The Hall–Kier alpha value is -2.51. The van der Waals surface area contributed by atoms with Gasteiger partial charge in [-0.3, -0.25) is 9.59 Å². The van der Waals surface area contributed by atoms with E-state index in [1.807, 2.05) is 32.0 Å². The van der Waals surface area contributed by atoms with Gasteiger partial charge in [-0.25, -0.2) is 13.6 Å². The average Bonchev–Trinajstić information content (AvgIpc) is 2.74. The van der Waals surface area contributed by atoms with Crippen molar-refractivity contribution in [3.8, 4) is 0 Å². The van der Waals surface area contributed by atoms with E-state index in [0.29, 0.717) is 5.69 Å². The van der Waals surface area contributed by atoms with Crippen molar-refractivity contribution in [2.24, 2.45) is 5.14 Å². The van der Waals surface area contributed by atoms with Crippen molar-refractivity contribution < 1.29 is 18.0 Å². The van der Waals surface area contributed by atoms with E-state index in [0.717, 1.165) is 22.8 Å². The Morgan fingerprint density at radius 1 is 1.04 bits per heavy atom. The molecule has 7 heteroatoms. The van der Waals surface area contributed by atoms with E-state index in [9.17, 15) is 18.0 Å². The molecule has 0 saturated carbocycles. The summed E-state index contributed by atoms with van der Waals surface area (Å²) in [5, 5.41) is 5.09. The number of ketones is 1. The maximum atomic E-state index is 12.3. The molecule has 0 spiro atoms. The Bertz CT molecular complexity index is 960. The molecule has 6 nitrogen and oxygen atoms in total. The van der Waals surface area contributed by atoms with Gasteiger partial charge in [0.1, 0.15) is 0 Å². The Kier molecular flexibility index (Phi) is 3.77. The van der Waals surface area contributed by atoms with E-state index >= 15 is 0 Å². The minimum atomic E-state index is -3.94. The largest absolute Gasteiger partial charge is 0.300 e. The van der Waals surface area contributed by atoms with Crippen molar-refractivity contribution in [1.82, 2.24) is 0 Å². The first-order chi connectivity index (χ1) is 11.2. The highest BCUT2D eigenvalue weighted by Crippen LogP contribution is 2.32. The quantitative estimate of drug-likeness (QED) is 0.857. The number of fused-ring (bicyclic) bond motifs is 1. The summed E-state index contributed by atoms with van der Waals surface area (Å²) in [5.41, 5.74) is 3.47. The van der Waals surface area contributed by atoms with Crippen LogP contribution in [-0.2, 0) is 21.4 Å². The Balaban J connectivity index is 2.07. The topological polar surface area (TPSA) is 97.5 Å². The van der Waals surface area contributed by atoms with E-state index in [4.69, 9.17) is 5.14 Å². The Morgan fingerprint density at radius 3 is 2.25 bits per heavy atom. The summed E-state index contributed by atoms with van der Waals surface area (Å²) >= 11 is 0. The number of carbonyl (C=O) groups is 2. The lowest BCUT2D eigenvalue weighted by atomic mass is 10.0. The van der Waals surface area contributed by atoms with Crippen LogP contribution in [0.3, 0.4) is 0 Å². The number of amides is 1. The van der Waals surface area contributed by atoms with E-state index in [-0.39, 0.29) is 17.0 Å².